The molecular weight excluding hydrogens is 324 g/mol. The van der Waals surface area contributed by atoms with Crippen LogP contribution in [0.4, 0.5) is 0 Å². The molecule has 6 heteroatoms. The van der Waals surface area contributed by atoms with Crippen LogP contribution >= 0.6 is 11.8 Å². The number of ether oxygens (including phenoxy) is 2. The smallest absolute Gasteiger partial charge is 0.231 e. The average Bonchev–Trinajstić information content (AvgIpc) is 3.07. The largest absolute Gasteiger partial charge is 0.454 e. The fourth-order valence-electron chi connectivity index (χ4n) is 3.60. The molecule has 0 N–H and O–H groups in total. The molecule has 5 nitrogen and oxygen atoms in total. The minimum atomic E-state index is -0.443. The number of nitrogens with zero attached hydrogens (tertiary/aromatic N) is 2. The van der Waals surface area contributed by atoms with Gasteiger partial charge in [-0.15, -0.1) is 11.8 Å². The second kappa shape index (κ2) is 5.99. The highest BCUT2D eigenvalue weighted by Gasteiger charge is 2.40. The Labute approximate surface area is 144 Å². The number of fused-ring (bicyclic) bond motifs is 1. The molecule has 1 aliphatic carbocycles. The van der Waals surface area contributed by atoms with Crippen molar-refractivity contribution in [1.29, 1.82) is 5.26 Å². The fraction of sp³-hybridized carbons (Fsp3) is 0.389. The summed E-state index contributed by atoms with van der Waals surface area (Å²) in [6.07, 6.45) is 4.08. The van der Waals surface area contributed by atoms with Crippen LogP contribution in [-0.4, -0.2) is 23.9 Å². The topological polar surface area (TPSA) is 71.7 Å². The number of carbonyl (C=O) groups is 1. The number of hydrogen-bond donors (Lipinski definition) is 0. The van der Waals surface area contributed by atoms with Crippen molar-refractivity contribution in [1.82, 2.24) is 0 Å². The summed E-state index contributed by atoms with van der Waals surface area (Å²) in [7, 11) is 0. The lowest BCUT2D eigenvalue weighted by molar-refractivity contribution is -0.116. The second-order valence-electron chi connectivity index (χ2n) is 5.99. The lowest BCUT2D eigenvalue weighted by Gasteiger charge is -2.32. The maximum absolute atomic E-state index is 12.6. The molecule has 1 aromatic carbocycles. The number of Topliss-reactive ketones (excluding diaryl/α,β-unsaturated/α-hetero) is 1. The first-order valence-corrected chi connectivity index (χ1v) is 9.13. The summed E-state index contributed by atoms with van der Waals surface area (Å²) >= 11 is 1.49. The summed E-state index contributed by atoms with van der Waals surface area (Å²) in [6, 6.07) is 8.04. The lowest BCUT2D eigenvalue weighted by Crippen LogP contribution is -2.30. The molecule has 0 spiro atoms. The average molecular weight is 340 g/mol. The van der Waals surface area contributed by atoms with Gasteiger partial charge >= 0.3 is 0 Å². The molecule has 24 heavy (non-hydrogen) atoms. The Morgan fingerprint density at radius 2 is 2.12 bits per heavy atom. The fourth-order valence-corrected chi connectivity index (χ4v) is 4.24. The van der Waals surface area contributed by atoms with Crippen LogP contribution in [0, 0.1) is 17.2 Å². The highest BCUT2D eigenvalue weighted by Crippen LogP contribution is 2.46. The maximum Gasteiger partial charge on any atom is 0.231 e. The van der Waals surface area contributed by atoms with Crippen LogP contribution in [0.5, 0.6) is 11.5 Å². The van der Waals surface area contributed by atoms with Crippen molar-refractivity contribution >= 4 is 22.6 Å². The normalized spacial score (nSPS) is 25.2. The summed E-state index contributed by atoms with van der Waals surface area (Å²) in [4.78, 5) is 17.2. The van der Waals surface area contributed by atoms with Gasteiger partial charge in [-0.2, -0.15) is 5.26 Å². The summed E-state index contributed by atoms with van der Waals surface area (Å²) in [5.41, 5.74) is 2.48. The molecule has 0 saturated heterocycles. The van der Waals surface area contributed by atoms with Crippen molar-refractivity contribution in [3.8, 4) is 17.6 Å². The van der Waals surface area contributed by atoms with E-state index < -0.39 is 5.92 Å². The molecule has 1 unspecified atom stereocenters. The molecule has 1 aromatic rings. The molecule has 0 bridgehead atoms. The van der Waals surface area contributed by atoms with E-state index in [9.17, 15) is 10.1 Å². The summed E-state index contributed by atoms with van der Waals surface area (Å²) < 4.78 is 10.8. The third-order valence-corrected chi connectivity index (χ3v) is 5.45. The van der Waals surface area contributed by atoms with Gasteiger partial charge in [-0.3, -0.25) is 4.79 Å². The van der Waals surface area contributed by atoms with E-state index in [1.165, 1.54) is 11.8 Å². The number of nitriles is 1. The summed E-state index contributed by atoms with van der Waals surface area (Å²) in [6.45, 7) is 0.204. The molecule has 2 aliphatic heterocycles. The van der Waals surface area contributed by atoms with Crippen molar-refractivity contribution in [2.45, 2.75) is 25.2 Å². The molecule has 3 aliphatic rings. The van der Waals surface area contributed by atoms with Crippen LogP contribution in [-0.2, 0) is 4.79 Å². The zero-order valence-electron chi connectivity index (χ0n) is 13.2. The van der Waals surface area contributed by atoms with E-state index in [0.29, 0.717) is 23.5 Å². The van der Waals surface area contributed by atoms with Gasteiger partial charge in [-0.05, 0) is 36.8 Å². The number of aliphatic imine (C=N–C) groups is 1. The second-order valence-corrected chi connectivity index (χ2v) is 6.81. The summed E-state index contributed by atoms with van der Waals surface area (Å²) in [5.74, 6) is 0.755. The van der Waals surface area contributed by atoms with E-state index in [-0.39, 0.29) is 18.5 Å². The predicted octanol–water partition coefficient (Wildman–Crippen LogP) is 3.42. The van der Waals surface area contributed by atoms with E-state index in [1.54, 1.807) is 0 Å². The van der Waals surface area contributed by atoms with Crippen LogP contribution < -0.4 is 9.47 Å². The first-order chi connectivity index (χ1) is 11.7. The Morgan fingerprint density at radius 3 is 2.92 bits per heavy atom. The molecule has 0 aromatic heterocycles. The molecule has 0 saturated carbocycles. The Balaban J connectivity index is 1.87. The van der Waals surface area contributed by atoms with Crippen LogP contribution in [0.1, 0.15) is 30.7 Å². The Morgan fingerprint density at radius 1 is 1.29 bits per heavy atom. The number of ketones is 1. The van der Waals surface area contributed by atoms with Gasteiger partial charge in [0.05, 0.1) is 11.1 Å². The van der Waals surface area contributed by atoms with Gasteiger partial charge in [-0.25, -0.2) is 4.99 Å². The first kappa shape index (κ1) is 15.3. The van der Waals surface area contributed by atoms with Gasteiger partial charge in [0.25, 0.3) is 0 Å². The summed E-state index contributed by atoms with van der Waals surface area (Å²) in [5, 5.41) is 10.5. The third kappa shape index (κ3) is 2.31. The van der Waals surface area contributed by atoms with Gasteiger partial charge in [0.1, 0.15) is 5.92 Å². The van der Waals surface area contributed by atoms with E-state index in [4.69, 9.17) is 9.47 Å². The van der Waals surface area contributed by atoms with E-state index >= 15 is 0 Å². The molecule has 0 fully saturated rings. The monoisotopic (exact) mass is 340 g/mol. The van der Waals surface area contributed by atoms with Gasteiger partial charge in [-0.1, -0.05) is 6.07 Å². The number of benzene rings is 1. The highest BCUT2D eigenvalue weighted by molar-refractivity contribution is 8.13. The van der Waals surface area contributed by atoms with Crippen LogP contribution in [0.2, 0.25) is 0 Å². The minimum Gasteiger partial charge on any atom is -0.454 e. The Hall–Kier alpha value is -2.26. The van der Waals surface area contributed by atoms with E-state index in [2.05, 4.69) is 11.1 Å². The van der Waals surface area contributed by atoms with Crippen LogP contribution in [0.3, 0.4) is 0 Å². The van der Waals surface area contributed by atoms with Gasteiger partial charge in [0.15, 0.2) is 17.3 Å². The van der Waals surface area contributed by atoms with E-state index in [1.807, 2.05) is 24.5 Å². The van der Waals surface area contributed by atoms with Crippen LogP contribution in [0.25, 0.3) is 0 Å². The number of carbonyl (C=O) groups excluding carboxylic acids is 1. The number of hydrogen-bond acceptors (Lipinski definition) is 6. The molecule has 122 valence electrons. The van der Waals surface area contributed by atoms with Crippen molar-refractivity contribution in [2.75, 3.05) is 13.0 Å². The van der Waals surface area contributed by atoms with Crippen LogP contribution in [0.15, 0.2) is 34.5 Å². The van der Waals surface area contributed by atoms with Gasteiger partial charge < -0.3 is 9.47 Å². The number of allylic oxidation sites excluding steroid dienone is 2. The predicted molar refractivity (Wildman–Crippen MR) is 91.2 cm³/mol. The molecule has 0 radical (unpaired) electrons. The SMILES string of the molecule is CSC1=NC2=C(C(=O)CCC2)[C@@H](c2ccc3c(c2)OCO3)C1C#N. The zero-order valence-corrected chi connectivity index (χ0v) is 14.1. The minimum absolute atomic E-state index is 0.114. The van der Waals surface area contributed by atoms with Gasteiger partial charge in [0, 0.05) is 23.6 Å². The zero-order chi connectivity index (χ0) is 16.7. The molecule has 2 atom stereocenters. The van der Waals surface area contributed by atoms with Gasteiger partial charge in [0.2, 0.25) is 6.79 Å². The highest BCUT2D eigenvalue weighted by atomic mass is 32.2. The van der Waals surface area contributed by atoms with Crippen molar-refractivity contribution in [3.05, 3.63) is 35.0 Å². The third-order valence-electron chi connectivity index (χ3n) is 4.69. The quantitative estimate of drug-likeness (QED) is 0.783. The first-order valence-electron chi connectivity index (χ1n) is 7.91. The lowest BCUT2D eigenvalue weighted by atomic mass is 9.74. The van der Waals surface area contributed by atoms with E-state index in [0.717, 1.165) is 29.1 Å². The molecule has 2 heterocycles. The molecular formula is C18H16N2O3S. The Kier molecular flexibility index (Phi) is 3.81. The maximum atomic E-state index is 12.6. The molecule has 4 rings (SSSR count). The number of rotatable bonds is 1. The molecule has 0 amide bonds. The van der Waals surface area contributed by atoms with Crippen molar-refractivity contribution in [2.24, 2.45) is 10.9 Å². The van der Waals surface area contributed by atoms with Crippen molar-refractivity contribution < 1.29 is 14.3 Å². The standard InChI is InChI=1S/C18H16N2O3S/c1-24-18-11(8-19)16(17-12(20-18)3-2-4-13(17)21)10-5-6-14-15(7-10)23-9-22-14/h5-7,11,16H,2-4,9H2,1H3/t11?,16-/m0/s1. The van der Waals surface area contributed by atoms with Crippen molar-refractivity contribution in [3.63, 3.8) is 0 Å². The Bertz CT molecular complexity index is 822. The number of thioether (sulfide) groups is 1.